The summed E-state index contributed by atoms with van der Waals surface area (Å²) in [4.78, 5) is 2.51. The molecule has 0 radical (unpaired) electrons. The molecule has 1 heterocycles. The van der Waals surface area contributed by atoms with Gasteiger partial charge in [0.2, 0.25) is 0 Å². The molecule has 1 saturated heterocycles. The third kappa shape index (κ3) is 4.81. The highest BCUT2D eigenvalue weighted by Crippen LogP contribution is 2.11. The minimum Gasteiger partial charge on any atom is -0.383 e. The van der Waals surface area contributed by atoms with Crippen LogP contribution < -0.4 is 5.32 Å². The van der Waals surface area contributed by atoms with E-state index in [1.807, 2.05) is 0 Å². The van der Waals surface area contributed by atoms with Gasteiger partial charge in [0.1, 0.15) is 0 Å². The van der Waals surface area contributed by atoms with Crippen LogP contribution in [0, 0.1) is 0 Å². The maximum absolute atomic E-state index is 5.21. The van der Waals surface area contributed by atoms with Crippen LogP contribution in [0.3, 0.4) is 0 Å². The van der Waals surface area contributed by atoms with Gasteiger partial charge in [-0.25, -0.2) is 0 Å². The van der Waals surface area contributed by atoms with Crippen molar-refractivity contribution in [3.05, 3.63) is 0 Å². The van der Waals surface area contributed by atoms with E-state index >= 15 is 0 Å². The van der Waals surface area contributed by atoms with E-state index in [4.69, 9.17) is 4.74 Å². The summed E-state index contributed by atoms with van der Waals surface area (Å²) < 4.78 is 5.21. The smallest absolute Gasteiger partial charge is 0.0615 e. The lowest BCUT2D eigenvalue weighted by molar-refractivity contribution is 0.101. The van der Waals surface area contributed by atoms with E-state index < -0.39 is 0 Å². The van der Waals surface area contributed by atoms with Crippen LogP contribution in [0.5, 0.6) is 0 Å². The molecular formula is C13H28N2O. The predicted molar refractivity (Wildman–Crippen MR) is 68.8 cm³/mol. The number of hydrogen-bond donors (Lipinski definition) is 1. The monoisotopic (exact) mass is 228 g/mol. The van der Waals surface area contributed by atoms with Crippen LogP contribution in [0.25, 0.3) is 0 Å². The van der Waals surface area contributed by atoms with Crippen LogP contribution in [-0.4, -0.2) is 50.3 Å². The van der Waals surface area contributed by atoms with E-state index in [2.05, 4.69) is 24.1 Å². The fraction of sp³-hybridized carbons (Fsp3) is 1.00. The van der Waals surface area contributed by atoms with E-state index in [1.54, 1.807) is 7.11 Å². The van der Waals surface area contributed by atoms with Crippen LogP contribution >= 0.6 is 0 Å². The number of hydrogen-bond acceptors (Lipinski definition) is 3. The summed E-state index contributed by atoms with van der Waals surface area (Å²) >= 11 is 0. The lowest BCUT2D eigenvalue weighted by atomic mass is 10.1. The molecule has 1 fully saturated rings. The van der Waals surface area contributed by atoms with Crippen molar-refractivity contribution in [1.82, 2.24) is 10.2 Å². The first kappa shape index (κ1) is 13.9. The summed E-state index contributed by atoms with van der Waals surface area (Å²) in [5.74, 6) is 0. The molecule has 2 unspecified atom stereocenters. The van der Waals surface area contributed by atoms with E-state index in [0.717, 1.165) is 19.2 Å². The molecule has 1 rings (SSSR count). The zero-order chi connectivity index (χ0) is 11.8. The van der Waals surface area contributed by atoms with E-state index in [-0.39, 0.29) is 0 Å². The average molecular weight is 228 g/mol. The Bertz CT molecular complexity index is 169. The highest BCUT2D eigenvalue weighted by atomic mass is 16.5. The Morgan fingerprint density at radius 3 is 2.88 bits per heavy atom. The molecule has 16 heavy (non-hydrogen) atoms. The number of ether oxygens (including phenoxy) is 1. The van der Waals surface area contributed by atoms with Crippen LogP contribution in [0.15, 0.2) is 0 Å². The molecule has 3 heteroatoms. The van der Waals surface area contributed by atoms with Crippen LogP contribution in [0.1, 0.15) is 39.5 Å². The number of nitrogens with zero attached hydrogens (tertiary/aromatic N) is 1. The van der Waals surface area contributed by atoms with Crippen molar-refractivity contribution in [3.63, 3.8) is 0 Å². The minimum absolute atomic E-state index is 0.548. The van der Waals surface area contributed by atoms with Gasteiger partial charge in [0, 0.05) is 19.2 Å². The lowest BCUT2D eigenvalue weighted by Gasteiger charge is -2.27. The van der Waals surface area contributed by atoms with Gasteiger partial charge in [0.15, 0.2) is 0 Å². The Morgan fingerprint density at radius 2 is 2.31 bits per heavy atom. The van der Waals surface area contributed by atoms with Crippen molar-refractivity contribution in [2.75, 3.05) is 33.4 Å². The maximum atomic E-state index is 5.21. The topological polar surface area (TPSA) is 24.5 Å². The summed E-state index contributed by atoms with van der Waals surface area (Å²) in [7, 11) is 1.78. The lowest BCUT2D eigenvalue weighted by Crippen LogP contribution is -2.37. The van der Waals surface area contributed by atoms with Crippen LogP contribution in [0.2, 0.25) is 0 Å². The zero-order valence-corrected chi connectivity index (χ0v) is 11.2. The Balaban J connectivity index is 2.12. The van der Waals surface area contributed by atoms with Gasteiger partial charge in [-0.3, -0.25) is 4.90 Å². The van der Waals surface area contributed by atoms with Gasteiger partial charge in [0.05, 0.1) is 6.61 Å². The second-order valence-corrected chi connectivity index (χ2v) is 4.87. The zero-order valence-electron chi connectivity index (χ0n) is 11.2. The fourth-order valence-corrected chi connectivity index (χ4v) is 2.58. The minimum atomic E-state index is 0.548. The molecule has 0 aromatic heterocycles. The molecule has 0 aliphatic carbocycles. The summed E-state index contributed by atoms with van der Waals surface area (Å²) in [6.07, 6.45) is 5.37. The molecule has 1 aliphatic heterocycles. The summed E-state index contributed by atoms with van der Waals surface area (Å²) in [6, 6.07) is 1.34. The largest absolute Gasteiger partial charge is 0.383 e. The molecule has 2 atom stereocenters. The number of nitrogens with one attached hydrogen (secondary N) is 1. The van der Waals surface area contributed by atoms with Crippen molar-refractivity contribution >= 4 is 0 Å². The predicted octanol–water partition coefficient (Wildman–Crippen LogP) is 1.88. The Kier molecular flexibility index (Phi) is 7.01. The van der Waals surface area contributed by atoms with Crippen LogP contribution in [0.4, 0.5) is 0 Å². The second kappa shape index (κ2) is 8.04. The van der Waals surface area contributed by atoms with Gasteiger partial charge in [-0.05, 0) is 52.2 Å². The van der Waals surface area contributed by atoms with Gasteiger partial charge in [-0.2, -0.15) is 0 Å². The molecule has 3 nitrogen and oxygen atoms in total. The number of methoxy groups -OCH3 is 1. The first-order chi connectivity index (χ1) is 7.77. The highest BCUT2D eigenvalue weighted by Gasteiger charge is 2.15. The maximum Gasteiger partial charge on any atom is 0.0615 e. The molecule has 96 valence electrons. The van der Waals surface area contributed by atoms with Gasteiger partial charge in [-0.15, -0.1) is 0 Å². The fourth-order valence-electron chi connectivity index (χ4n) is 2.58. The standard InChI is InChI=1S/C13H28N2O/c1-4-15(12(2)11-16-3)10-6-8-13-7-5-9-14-13/h12-14H,4-11H2,1-3H3. The summed E-state index contributed by atoms with van der Waals surface area (Å²) in [6.45, 7) is 8.89. The van der Waals surface area contributed by atoms with Crippen molar-refractivity contribution in [2.45, 2.75) is 51.6 Å². The molecular weight excluding hydrogens is 200 g/mol. The van der Waals surface area contributed by atoms with Gasteiger partial charge >= 0.3 is 0 Å². The first-order valence-corrected chi connectivity index (χ1v) is 6.74. The van der Waals surface area contributed by atoms with Crippen molar-refractivity contribution in [1.29, 1.82) is 0 Å². The van der Waals surface area contributed by atoms with Gasteiger partial charge in [-0.1, -0.05) is 6.92 Å². The Labute approximate surface area is 101 Å². The average Bonchev–Trinajstić information content (AvgIpc) is 2.77. The van der Waals surface area contributed by atoms with Crippen molar-refractivity contribution in [2.24, 2.45) is 0 Å². The van der Waals surface area contributed by atoms with Crippen molar-refractivity contribution < 1.29 is 4.74 Å². The molecule has 0 aromatic carbocycles. The Hall–Kier alpha value is -0.120. The summed E-state index contributed by atoms with van der Waals surface area (Å²) in [5.41, 5.74) is 0. The molecule has 1 aliphatic rings. The molecule has 0 aromatic rings. The second-order valence-electron chi connectivity index (χ2n) is 4.87. The van der Waals surface area contributed by atoms with E-state index in [9.17, 15) is 0 Å². The third-order valence-corrected chi connectivity index (χ3v) is 3.60. The molecule has 1 N–H and O–H groups in total. The molecule has 0 amide bonds. The summed E-state index contributed by atoms with van der Waals surface area (Å²) in [5, 5.41) is 3.56. The van der Waals surface area contributed by atoms with Gasteiger partial charge < -0.3 is 10.1 Å². The highest BCUT2D eigenvalue weighted by molar-refractivity contribution is 4.75. The normalized spacial score (nSPS) is 22.9. The Morgan fingerprint density at radius 1 is 1.50 bits per heavy atom. The number of likely N-dealkylation sites (N-methyl/N-ethyl adjacent to an activating group) is 1. The molecule has 0 saturated carbocycles. The first-order valence-electron chi connectivity index (χ1n) is 6.74. The number of rotatable bonds is 8. The van der Waals surface area contributed by atoms with E-state index in [1.165, 1.54) is 38.8 Å². The van der Waals surface area contributed by atoms with Crippen LogP contribution in [-0.2, 0) is 4.74 Å². The SMILES string of the molecule is CCN(CCCC1CCCN1)C(C)COC. The van der Waals surface area contributed by atoms with Crippen molar-refractivity contribution in [3.8, 4) is 0 Å². The third-order valence-electron chi connectivity index (χ3n) is 3.60. The van der Waals surface area contributed by atoms with Gasteiger partial charge in [0.25, 0.3) is 0 Å². The quantitative estimate of drug-likeness (QED) is 0.686. The van der Waals surface area contributed by atoms with E-state index in [0.29, 0.717) is 6.04 Å². The molecule has 0 spiro atoms. The molecule has 0 bridgehead atoms.